The lowest BCUT2D eigenvalue weighted by molar-refractivity contribution is 0.664. The molecule has 0 spiro atoms. The first-order valence-electron chi connectivity index (χ1n) is 4.77. The van der Waals surface area contributed by atoms with Crippen molar-refractivity contribution in [2.24, 2.45) is 5.92 Å². The van der Waals surface area contributed by atoms with Crippen LogP contribution < -0.4 is 5.73 Å². The molecule has 0 aromatic heterocycles. The van der Waals surface area contributed by atoms with Crippen molar-refractivity contribution in [2.45, 2.75) is 19.6 Å². The Kier molecular flexibility index (Phi) is 4.14. The highest BCUT2D eigenvalue weighted by Crippen LogP contribution is 2.10. The van der Waals surface area contributed by atoms with Crippen molar-refractivity contribution in [1.82, 2.24) is 0 Å². The van der Waals surface area contributed by atoms with Crippen molar-refractivity contribution < 1.29 is 4.21 Å². The lowest BCUT2D eigenvalue weighted by Gasteiger charge is -2.05. The van der Waals surface area contributed by atoms with Gasteiger partial charge in [0.25, 0.3) is 0 Å². The molecule has 0 fully saturated rings. The summed E-state index contributed by atoms with van der Waals surface area (Å²) in [6.45, 7) is 4.16. The van der Waals surface area contributed by atoms with E-state index in [-0.39, 0.29) is 0 Å². The van der Waals surface area contributed by atoms with Gasteiger partial charge in [-0.25, -0.2) is 0 Å². The third-order valence-electron chi connectivity index (χ3n) is 1.80. The van der Waals surface area contributed by atoms with Gasteiger partial charge < -0.3 is 5.73 Å². The van der Waals surface area contributed by atoms with E-state index < -0.39 is 10.8 Å². The molecule has 0 aliphatic carbocycles. The third-order valence-corrected chi connectivity index (χ3v) is 3.49. The number of benzene rings is 1. The lowest BCUT2D eigenvalue weighted by atomic mass is 10.2. The van der Waals surface area contributed by atoms with Crippen molar-refractivity contribution in [3.63, 3.8) is 0 Å². The maximum atomic E-state index is 11.6. The Bertz CT molecular complexity index is 323. The van der Waals surface area contributed by atoms with Gasteiger partial charge in [0.05, 0.1) is 0 Å². The molecule has 0 aliphatic rings. The number of nitrogen functional groups attached to an aromatic ring is 1. The summed E-state index contributed by atoms with van der Waals surface area (Å²) in [4.78, 5) is 0. The van der Waals surface area contributed by atoms with Gasteiger partial charge in [-0.1, -0.05) is 26.0 Å². The van der Waals surface area contributed by atoms with Gasteiger partial charge in [0.2, 0.25) is 0 Å². The fourth-order valence-corrected chi connectivity index (χ4v) is 2.71. The van der Waals surface area contributed by atoms with Crippen LogP contribution in [0, 0.1) is 5.92 Å². The average molecular weight is 211 g/mol. The maximum Gasteiger partial charge on any atom is 0.0486 e. The molecule has 78 valence electrons. The second-order valence-electron chi connectivity index (χ2n) is 3.89. The highest BCUT2D eigenvalue weighted by Gasteiger charge is 2.04. The van der Waals surface area contributed by atoms with Gasteiger partial charge in [-0.05, 0) is 23.6 Å². The van der Waals surface area contributed by atoms with E-state index >= 15 is 0 Å². The van der Waals surface area contributed by atoms with Crippen molar-refractivity contribution >= 4 is 16.5 Å². The first-order valence-corrected chi connectivity index (χ1v) is 6.26. The van der Waals surface area contributed by atoms with Crippen LogP contribution in [-0.4, -0.2) is 9.96 Å². The highest BCUT2D eigenvalue weighted by molar-refractivity contribution is 7.84. The summed E-state index contributed by atoms with van der Waals surface area (Å²) in [7, 11) is -0.765. The monoisotopic (exact) mass is 211 g/mol. The van der Waals surface area contributed by atoms with Crippen molar-refractivity contribution in [2.75, 3.05) is 11.5 Å². The number of hydrogen-bond donors (Lipinski definition) is 1. The molecule has 1 atom stereocenters. The number of anilines is 1. The summed E-state index contributed by atoms with van der Waals surface area (Å²) in [6, 6.07) is 7.60. The Morgan fingerprint density at radius 1 is 1.43 bits per heavy atom. The van der Waals surface area contributed by atoms with E-state index in [1.807, 2.05) is 24.3 Å². The van der Waals surface area contributed by atoms with Crippen molar-refractivity contribution in [3.05, 3.63) is 29.8 Å². The van der Waals surface area contributed by atoms with E-state index in [2.05, 4.69) is 13.8 Å². The van der Waals surface area contributed by atoms with Crippen LogP contribution in [0.5, 0.6) is 0 Å². The van der Waals surface area contributed by atoms with Gasteiger partial charge in [-0.3, -0.25) is 4.21 Å². The van der Waals surface area contributed by atoms with Crippen LogP contribution in [0.3, 0.4) is 0 Å². The molecular weight excluding hydrogens is 194 g/mol. The minimum Gasteiger partial charge on any atom is -0.399 e. The van der Waals surface area contributed by atoms with E-state index in [4.69, 9.17) is 5.73 Å². The van der Waals surface area contributed by atoms with Gasteiger partial charge >= 0.3 is 0 Å². The summed E-state index contributed by atoms with van der Waals surface area (Å²) >= 11 is 0. The molecule has 0 bridgehead atoms. The molecule has 2 nitrogen and oxygen atoms in total. The fraction of sp³-hybridized carbons (Fsp3) is 0.455. The zero-order valence-corrected chi connectivity index (χ0v) is 9.51. The molecule has 14 heavy (non-hydrogen) atoms. The first kappa shape index (κ1) is 11.2. The molecule has 1 aromatic carbocycles. The number of nitrogens with two attached hydrogens (primary N) is 1. The maximum absolute atomic E-state index is 11.6. The third kappa shape index (κ3) is 3.92. The Morgan fingerprint density at radius 3 is 2.71 bits per heavy atom. The molecule has 0 heterocycles. The van der Waals surface area contributed by atoms with Crippen LogP contribution in [0.4, 0.5) is 5.69 Å². The van der Waals surface area contributed by atoms with E-state index in [9.17, 15) is 4.21 Å². The largest absolute Gasteiger partial charge is 0.399 e. The standard InChI is InChI=1S/C11H17NOS/c1-9(2)7-14(13)8-10-4-3-5-11(12)6-10/h3-6,9H,7-8,12H2,1-2H3. The quantitative estimate of drug-likeness (QED) is 0.776. The molecule has 0 radical (unpaired) electrons. The summed E-state index contributed by atoms with van der Waals surface area (Å²) in [5.41, 5.74) is 7.44. The summed E-state index contributed by atoms with van der Waals surface area (Å²) < 4.78 is 11.6. The molecular formula is C11H17NOS. The minimum absolute atomic E-state index is 0.483. The van der Waals surface area contributed by atoms with Crippen molar-refractivity contribution in [1.29, 1.82) is 0 Å². The van der Waals surface area contributed by atoms with Crippen LogP contribution in [0.15, 0.2) is 24.3 Å². The Hall–Kier alpha value is -0.830. The van der Waals surface area contributed by atoms with E-state index in [0.29, 0.717) is 11.7 Å². The van der Waals surface area contributed by atoms with Gasteiger partial charge in [-0.2, -0.15) is 0 Å². The fourth-order valence-electron chi connectivity index (χ4n) is 1.30. The van der Waals surface area contributed by atoms with E-state index in [1.165, 1.54) is 0 Å². The van der Waals surface area contributed by atoms with E-state index in [1.54, 1.807) is 0 Å². The lowest BCUT2D eigenvalue weighted by Crippen LogP contribution is -2.06. The molecule has 1 unspecified atom stereocenters. The topological polar surface area (TPSA) is 43.1 Å². The highest BCUT2D eigenvalue weighted by atomic mass is 32.2. The summed E-state index contributed by atoms with van der Waals surface area (Å²) in [5.74, 6) is 1.86. The molecule has 0 saturated heterocycles. The zero-order chi connectivity index (χ0) is 10.6. The predicted molar refractivity (Wildman–Crippen MR) is 62.4 cm³/mol. The molecule has 1 aromatic rings. The molecule has 0 saturated carbocycles. The summed E-state index contributed by atoms with van der Waals surface area (Å²) in [6.07, 6.45) is 0. The minimum atomic E-state index is -0.765. The van der Waals surface area contributed by atoms with Gasteiger partial charge in [0, 0.05) is 28.0 Å². The molecule has 3 heteroatoms. The Morgan fingerprint density at radius 2 is 2.14 bits per heavy atom. The molecule has 2 N–H and O–H groups in total. The van der Waals surface area contributed by atoms with Gasteiger partial charge in [0.15, 0.2) is 0 Å². The van der Waals surface area contributed by atoms with Crippen LogP contribution in [0.1, 0.15) is 19.4 Å². The van der Waals surface area contributed by atoms with Crippen LogP contribution in [0.25, 0.3) is 0 Å². The number of rotatable bonds is 4. The molecule has 0 amide bonds. The van der Waals surface area contributed by atoms with Gasteiger partial charge in [0.1, 0.15) is 0 Å². The second kappa shape index (κ2) is 5.15. The number of hydrogen-bond acceptors (Lipinski definition) is 2. The smallest absolute Gasteiger partial charge is 0.0486 e. The average Bonchev–Trinajstić information content (AvgIpc) is 2.01. The normalized spacial score (nSPS) is 13.1. The predicted octanol–water partition coefficient (Wildman–Crippen LogP) is 2.17. The zero-order valence-electron chi connectivity index (χ0n) is 8.69. The van der Waals surface area contributed by atoms with Crippen LogP contribution in [0.2, 0.25) is 0 Å². The second-order valence-corrected chi connectivity index (χ2v) is 5.39. The SMILES string of the molecule is CC(C)CS(=O)Cc1cccc(N)c1. The van der Waals surface area contributed by atoms with Crippen LogP contribution in [-0.2, 0) is 16.6 Å². The first-order chi connectivity index (χ1) is 6.58. The molecule has 1 rings (SSSR count). The van der Waals surface area contributed by atoms with Gasteiger partial charge in [-0.15, -0.1) is 0 Å². The molecule has 0 aliphatic heterocycles. The Labute approximate surface area is 88.0 Å². The van der Waals surface area contributed by atoms with Crippen molar-refractivity contribution in [3.8, 4) is 0 Å². The summed E-state index contributed by atoms with van der Waals surface area (Å²) in [5, 5.41) is 0. The Balaban J connectivity index is 2.56. The van der Waals surface area contributed by atoms with E-state index in [0.717, 1.165) is 17.0 Å². The van der Waals surface area contributed by atoms with Crippen LogP contribution >= 0.6 is 0 Å².